The molecule has 4 N–H and O–H groups in total. The molecule has 4 fully saturated rings. The number of ether oxygens (including phenoxy) is 1. The third kappa shape index (κ3) is 6.12. The molecule has 0 bridgehead atoms. The second kappa shape index (κ2) is 13.0. The van der Waals surface area contributed by atoms with Gasteiger partial charge in [0.05, 0.1) is 18.0 Å². The second-order valence-corrected chi connectivity index (χ2v) is 12.7. The molecule has 5 rings (SSSR count). The Morgan fingerprint density at radius 2 is 2.13 bits per heavy atom. The summed E-state index contributed by atoms with van der Waals surface area (Å²) < 4.78 is 6.15. The highest BCUT2D eigenvalue weighted by atomic mass is 35.5. The number of hydrazine groups is 1. The van der Waals surface area contributed by atoms with Crippen molar-refractivity contribution < 1.29 is 14.7 Å². The van der Waals surface area contributed by atoms with Gasteiger partial charge in [0.1, 0.15) is 6.10 Å². The van der Waals surface area contributed by atoms with E-state index in [1.807, 2.05) is 6.92 Å². The number of terminal acetylenes is 1. The quantitative estimate of drug-likeness (QED) is 0.145. The number of likely N-dealkylation sites (tertiary alicyclic amines) is 1. The number of allylic oxidation sites excluding steroid dienone is 2. The SMILES string of the molecule is C#C[C@@H](C/C=C(\C)OC1CN(CCC)C1)C(O)[C@H]1C(C2C=CC[C@H]3NNC[C@@H]23)ONC1[C@@H]1CCCC[C@@H]1Cl. The van der Waals surface area contributed by atoms with E-state index >= 15 is 0 Å². The number of alkyl halides is 1. The minimum atomic E-state index is -0.709. The molecule has 3 saturated heterocycles. The fourth-order valence-electron chi connectivity index (χ4n) is 7.50. The average molecular weight is 547 g/mol. The fourth-order valence-corrected chi connectivity index (χ4v) is 7.94. The van der Waals surface area contributed by atoms with Crippen LogP contribution in [0.1, 0.15) is 58.8 Å². The Bertz CT molecular complexity index is 887. The average Bonchev–Trinajstić information content (AvgIpc) is 3.55. The molecular weight excluding hydrogens is 500 g/mol. The van der Waals surface area contributed by atoms with Crippen LogP contribution in [0.3, 0.4) is 0 Å². The predicted molar refractivity (Wildman–Crippen MR) is 151 cm³/mol. The summed E-state index contributed by atoms with van der Waals surface area (Å²) in [6.07, 6.45) is 19.2. The van der Waals surface area contributed by atoms with Gasteiger partial charge in [0.15, 0.2) is 0 Å². The van der Waals surface area contributed by atoms with Crippen LogP contribution in [0.15, 0.2) is 24.0 Å². The van der Waals surface area contributed by atoms with Gasteiger partial charge >= 0.3 is 0 Å². The van der Waals surface area contributed by atoms with Crippen molar-refractivity contribution >= 4 is 11.6 Å². The van der Waals surface area contributed by atoms with E-state index in [4.69, 9.17) is 27.6 Å². The molecule has 10 atom stereocenters. The molecule has 8 heteroatoms. The molecule has 212 valence electrons. The number of fused-ring (bicyclic) bond motifs is 1. The Kier molecular flexibility index (Phi) is 9.75. The summed E-state index contributed by atoms with van der Waals surface area (Å²) in [6.45, 7) is 8.19. The molecule has 7 nitrogen and oxygen atoms in total. The van der Waals surface area contributed by atoms with E-state index in [0.717, 1.165) is 64.0 Å². The maximum Gasteiger partial charge on any atom is 0.123 e. The lowest BCUT2D eigenvalue weighted by Gasteiger charge is -2.40. The molecule has 0 aromatic heterocycles. The Morgan fingerprint density at radius 3 is 2.89 bits per heavy atom. The topological polar surface area (TPSA) is 78.0 Å². The van der Waals surface area contributed by atoms with Crippen molar-refractivity contribution in [1.82, 2.24) is 21.2 Å². The van der Waals surface area contributed by atoms with E-state index < -0.39 is 6.10 Å². The minimum Gasteiger partial charge on any atom is -0.493 e. The molecule has 5 aliphatic rings. The lowest BCUT2D eigenvalue weighted by molar-refractivity contribution is -0.0442. The van der Waals surface area contributed by atoms with Crippen molar-refractivity contribution in [3.05, 3.63) is 24.0 Å². The van der Waals surface area contributed by atoms with Gasteiger partial charge in [0.2, 0.25) is 0 Å². The van der Waals surface area contributed by atoms with Crippen LogP contribution in [-0.4, -0.2) is 72.0 Å². The molecule has 1 saturated carbocycles. The van der Waals surface area contributed by atoms with Crippen molar-refractivity contribution in [1.29, 1.82) is 0 Å². The standard InChI is InChI=1S/C30H47ClN4O3/c1-4-15-35-17-21(18-35)37-19(3)13-14-20(5-2)29(36)27-28(23-9-6-7-11-25(23)31)34-38-30(27)22-10-8-12-26-24(22)16-32-33-26/h2,8,10,13,20-30,32-34,36H,4,6-7,9,11-12,14-18H2,1,3H3/b19-13+/t20-,22?,23+,24-,25-,26+,27-,28?,29?,30?/m0/s1. The van der Waals surface area contributed by atoms with Crippen LogP contribution >= 0.6 is 11.6 Å². The van der Waals surface area contributed by atoms with Crippen molar-refractivity contribution in [2.75, 3.05) is 26.2 Å². The van der Waals surface area contributed by atoms with Gasteiger partial charge in [0.25, 0.3) is 0 Å². The number of rotatable bonds is 10. The molecule has 0 spiro atoms. The molecule has 4 unspecified atom stereocenters. The van der Waals surface area contributed by atoms with Gasteiger partial charge in [-0.25, -0.2) is 0 Å². The van der Waals surface area contributed by atoms with Gasteiger partial charge in [-0.15, -0.1) is 23.9 Å². The van der Waals surface area contributed by atoms with Crippen molar-refractivity contribution in [2.24, 2.45) is 29.6 Å². The molecule has 3 aliphatic heterocycles. The monoisotopic (exact) mass is 546 g/mol. The van der Waals surface area contributed by atoms with Crippen LogP contribution in [0.4, 0.5) is 0 Å². The molecule has 2 aliphatic carbocycles. The van der Waals surface area contributed by atoms with E-state index in [0.29, 0.717) is 18.4 Å². The van der Waals surface area contributed by atoms with Crippen molar-refractivity contribution in [2.45, 2.75) is 94.6 Å². The van der Waals surface area contributed by atoms with E-state index in [-0.39, 0.29) is 47.3 Å². The van der Waals surface area contributed by atoms with Crippen molar-refractivity contribution in [3.8, 4) is 12.3 Å². The molecule has 0 amide bonds. The number of aliphatic hydroxyl groups is 1. The van der Waals surface area contributed by atoms with Gasteiger partial charge in [-0.2, -0.15) is 5.48 Å². The normalized spacial score (nSPS) is 39.8. The first-order valence-corrected chi connectivity index (χ1v) is 15.3. The number of hydrogen-bond donors (Lipinski definition) is 4. The number of aliphatic hydroxyl groups excluding tert-OH is 1. The largest absolute Gasteiger partial charge is 0.493 e. The highest BCUT2D eigenvalue weighted by Crippen LogP contribution is 2.44. The zero-order valence-corrected chi connectivity index (χ0v) is 23.8. The van der Waals surface area contributed by atoms with E-state index in [2.05, 4.69) is 52.3 Å². The van der Waals surface area contributed by atoms with E-state index in [1.54, 1.807) is 0 Å². The van der Waals surface area contributed by atoms with E-state index in [9.17, 15) is 5.11 Å². The van der Waals surface area contributed by atoms with Gasteiger partial charge in [0, 0.05) is 54.8 Å². The Labute approximate surface area is 234 Å². The summed E-state index contributed by atoms with van der Waals surface area (Å²) in [7, 11) is 0. The first-order chi connectivity index (χ1) is 18.5. The van der Waals surface area contributed by atoms with Gasteiger partial charge in [-0.1, -0.05) is 31.9 Å². The van der Waals surface area contributed by atoms with Crippen LogP contribution in [0.5, 0.6) is 0 Å². The summed E-state index contributed by atoms with van der Waals surface area (Å²) in [5.41, 5.74) is 10.1. The number of nitrogens with one attached hydrogen (secondary N) is 3. The van der Waals surface area contributed by atoms with Gasteiger partial charge in [-0.05, 0) is 63.5 Å². The maximum atomic E-state index is 11.9. The smallest absolute Gasteiger partial charge is 0.123 e. The molecule has 0 aromatic carbocycles. The molecular formula is C30H47ClN4O3. The molecule has 0 aromatic rings. The number of halogens is 1. The summed E-state index contributed by atoms with van der Waals surface area (Å²) in [5.74, 6) is 4.20. The first-order valence-electron chi connectivity index (χ1n) is 14.9. The van der Waals surface area contributed by atoms with Crippen LogP contribution in [0, 0.1) is 41.9 Å². The third-order valence-electron chi connectivity index (χ3n) is 9.59. The first kappa shape index (κ1) is 28.4. The molecule has 38 heavy (non-hydrogen) atoms. The lowest BCUT2D eigenvalue weighted by Crippen LogP contribution is -2.51. The van der Waals surface area contributed by atoms with Crippen LogP contribution < -0.4 is 16.3 Å². The Morgan fingerprint density at radius 1 is 1.32 bits per heavy atom. The predicted octanol–water partition coefficient (Wildman–Crippen LogP) is 3.36. The summed E-state index contributed by atoms with van der Waals surface area (Å²) in [5, 5.41) is 12.0. The highest BCUT2D eigenvalue weighted by molar-refractivity contribution is 6.20. The highest BCUT2D eigenvalue weighted by Gasteiger charge is 2.53. The number of hydroxylamine groups is 1. The minimum absolute atomic E-state index is 0.0226. The zero-order chi connectivity index (χ0) is 26.6. The van der Waals surface area contributed by atoms with E-state index in [1.165, 1.54) is 6.42 Å². The number of hydrogen-bond acceptors (Lipinski definition) is 7. The lowest BCUT2D eigenvalue weighted by atomic mass is 9.67. The summed E-state index contributed by atoms with van der Waals surface area (Å²) >= 11 is 6.89. The Hall–Kier alpha value is -1.11. The second-order valence-electron chi connectivity index (χ2n) is 12.1. The van der Waals surface area contributed by atoms with Crippen molar-refractivity contribution in [3.63, 3.8) is 0 Å². The van der Waals surface area contributed by atoms with Crippen LogP contribution in [0.2, 0.25) is 0 Å². The summed E-state index contributed by atoms with van der Waals surface area (Å²) in [6, 6.07) is 0.359. The Balaban J connectivity index is 1.30. The fraction of sp³-hybridized carbons (Fsp3) is 0.800. The number of nitrogens with zero attached hydrogens (tertiary/aromatic N) is 1. The van der Waals surface area contributed by atoms with Crippen LogP contribution in [0.25, 0.3) is 0 Å². The van der Waals surface area contributed by atoms with Crippen LogP contribution in [-0.2, 0) is 9.57 Å². The zero-order valence-electron chi connectivity index (χ0n) is 23.0. The summed E-state index contributed by atoms with van der Waals surface area (Å²) in [4.78, 5) is 8.80. The van der Waals surface area contributed by atoms with Gasteiger partial charge < -0.3 is 9.84 Å². The maximum absolute atomic E-state index is 11.9. The molecule has 0 radical (unpaired) electrons. The third-order valence-corrected chi connectivity index (χ3v) is 10.1. The van der Waals surface area contributed by atoms with Gasteiger partial charge in [-0.3, -0.25) is 20.6 Å². The molecule has 3 heterocycles.